The number of benzene rings is 1. The highest BCUT2D eigenvalue weighted by molar-refractivity contribution is 6.34. The highest BCUT2D eigenvalue weighted by Crippen LogP contribution is 2.10. The zero-order valence-electron chi connectivity index (χ0n) is 14.5. The van der Waals surface area contributed by atoms with Crippen LogP contribution in [0.25, 0.3) is 0 Å². The van der Waals surface area contributed by atoms with Gasteiger partial charge >= 0.3 is 11.8 Å². The van der Waals surface area contributed by atoms with Gasteiger partial charge in [0, 0.05) is 39.3 Å². The lowest BCUT2D eigenvalue weighted by molar-refractivity contribution is -0.155. The molecule has 1 aromatic rings. The van der Waals surface area contributed by atoms with Crippen molar-refractivity contribution in [2.24, 2.45) is 0 Å². The summed E-state index contributed by atoms with van der Waals surface area (Å²) in [5, 5.41) is 0. The van der Waals surface area contributed by atoms with Gasteiger partial charge in [-0.1, -0.05) is 12.1 Å². The largest absolute Gasteiger partial charge is 0.378 e. The third-order valence-electron chi connectivity index (χ3n) is 4.65. The van der Waals surface area contributed by atoms with Crippen LogP contribution in [0.5, 0.6) is 0 Å². The predicted octanol–water partition coefficient (Wildman–Crippen LogP) is -0.102. The first kappa shape index (κ1) is 18.3. The molecule has 2 aliphatic rings. The number of halogens is 1. The van der Waals surface area contributed by atoms with Crippen LogP contribution in [0.3, 0.4) is 0 Å². The van der Waals surface area contributed by atoms with Crippen LogP contribution in [0, 0.1) is 5.82 Å². The van der Waals surface area contributed by atoms with E-state index in [1.165, 1.54) is 21.9 Å². The minimum absolute atomic E-state index is 0.109. The molecule has 0 radical (unpaired) electrons. The van der Waals surface area contributed by atoms with Crippen LogP contribution >= 0.6 is 0 Å². The Morgan fingerprint density at radius 2 is 1.46 bits per heavy atom. The van der Waals surface area contributed by atoms with Crippen LogP contribution in [0.15, 0.2) is 24.3 Å². The van der Waals surface area contributed by atoms with Crippen LogP contribution in [-0.4, -0.2) is 84.9 Å². The van der Waals surface area contributed by atoms with Crippen LogP contribution in [0.1, 0.15) is 5.56 Å². The summed E-state index contributed by atoms with van der Waals surface area (Å²) in [6.45, 7) is 3.14. The van der Waals surface area contributed by atoms with Gasteiger partial charge in [0.2, 0.25) is 5.91 Å². The van der Waals surface area contributed by atoms with E-state index in [2.05, 4.69) is 0 Å². The molecular weight excluding hydrogens is 341 g/mol. The third-order valence-corrected chi connectivity index (χ3v) is 4.65. The van der Waals surface area contributed by atoms with Crippen LogP contribution < -0.4 is 0 Å². The van der Waals surface area contributed by atoms with Gasteiger partial charge in [0.25, 0.3) is 0 Å². The number of piperazine rings is 1. The SMILES string of the molecule is O=C(Cc1cccc(F)c1)N1CCN(C(=O)C(=O)N2CCOCC2)CC1. The van der Waals surface area contributed by atoms with Crippen molar-refractivity contribution in [3.05, 3.63) is 35.6 Å². The monoisotopic (exact) mass is 363 g/mol. The topological polar surface area (TPSA) is 70.2 Å². The standard InChI is InChI=1S/C18H22FN3O4/c19-15-3-1-2-14(12-15)13-16(23)20-4-6-21(7-5-20)17(24)18(25)22-8-10-26-11-9-22/h1-3,12H,4-11,13H2. The van der Waals surface area contributed by atoms with Crippen molar-refractivity contribution in [1.82, 2.24) is 14.7 Å². The zero-order chi connectivity index (χ0) is 18.5. The fraction of sp³-hybridized carbons (Fsp3) is 0.500. The van der Waals surface area contributed by atoms with Gasteiger partial charge in [-0.2, -0.15) is 0 Å². The van der Waals surface area contributed by atoms with E-state index in [4.69, 9.17) is 4.74 Å². The number of rotatable bonds is 2. The van der Waals surface area contributed by atoms with E-state index in [1.807, 2.05) is 0 Å². The maximum Gasteiger partial charge on any atom is 0.312 e. The van der Waals surface area contributed by atoms with Crippen molar-refractivity contribution in [2.45, 2.75) is 6.42 Å². The molecule has 0 unspecified atom stereocenters. The van der Waals surface area contributed by atoms with Crippen molar-refractivity contribution in [1.29, 1.82) is 0 Å². The Kier molecular flexibility index (Phi) is 5.82. The Morgan fingerprint density at radius 3 is 2.08 bits per heavy atom. The molecule has 0 N–H and O–H groups in total. The molecule has 2 saturated heterocycles. The minimum atomic E-state index is -0.524. The van der Waals surface area contributed by atoms with Crippen molar-refractivity contribution in [2.75, 3.05) is 52.5 Å². The van der Waals surface area contributed by atoms with Crippen LogP contribution in [-0.2, 0) is 25.5 Å². The number of amides is 3. The van der Waals surface area contributed by atoms with Crippen molar-refractivity contribution in [3.63, 3.8) is 0 Å². The molecule has 0 bridgehead atoms. The second kappa shape index (κ2) is 8.27. The molecule has 140 valence electrons. The second-order valence-electron chi connectivity index (χ2n) is 6.38. The predicted molar refractivity (Wildman–Crippen MR) is 90.7 cm³/mol. The average molecular weight is 363 g/mol. The first-order chi connectivity index (χ1) is 12.5. The summed E-state index contributed by atoms with van der Waals surface area (Å²) in [6.07, 6.45) is 0.123. The number of hydrogen-bond donors (Lipinski definition) is 0. The number of ether oxygens (including phenoxy) is 1. The lowest BCUT2D eigenvalue weighted by atomic mass is 10.1. The summed E-state index contributed by atoms with van der Waals surface area (Å²) in [4.78, 5) is 41.6. The van der Waals surface area contributed by atoms with Gasteiger partial charge in [-0.3, -0.25) is 14.4 Å². The molecule has 0 spiro atoms. The van der Waals surface area contributed by atoms with Gasteiger partial charge < -0.3 is 19.4 Å². The molecule has 1 aromatic carbocycles. The molecule has 8 heteroatoms. The summed E-state index contributed by atoms with van der Waals surface area (Å²) >= 11 is 0. The van der Waals surface area contributed by atoms with E-state index in [9.17, 15) is 18.8 Å². The van der Waals surface area contributed by atoms with Crippen molar-refractivity contribution >= 4 is 17.7 Å². The Morgan fingerprint density at radius 1 is 0.885 bits per heavy atom. The normalized spacial score (nSPS) is 18.0. The van der Waals surface area contributed by atoms with Gasteiger partial charge in [0.15, 0.2) is 0 Å². The summed E-state index contributed by atoms with van der Waals surface area (Å²) < 4.78 is 18.4. The molecule has 0 aliphatic carbocycles. The molecular formula is C18H22FN3O4. The van der Waals surface area contributed by atoms with Crippen molar-refractivity contribution < 1.29 is 23.5 Å². The molecule has 7 nitrogen and oxygen atoms in total. The zero-order valence-corrected chi connectivity index (χ0v) is 14.5. The number of nitrogens with zero attached hydrogens (tertiary/aromatic N) is 3. The highest BCUT2D eigenvalue weighted by Gasteiger charge is 2.31. The third kappa shape index (κ3) is 4.37. The fourth-order valence-corrected chi connectivity index (χ4v) is 3.13. The molecule has 26 heavy (non-hydrogen) atoms. The fourth-order valence-electron chi connectivity index (χ4n) is 3.13. The number of morpholine rings is 1. The Balaban J connectivity index is 1.49. The van der Waals surface area contributed by atoms with Gasteiger partial charge in [-0.25, -0.2) is 4.39 Å². The van der Waals surface area contributed by atoms with E-state index in [1.54, 1.807) is 17.0 Å². The Labute approximate surface area is 151 Å². The number of carbonyl (C=O) groups is 3. The van der Waals surface area contributed by atoms with E-state index in [0.29, 0.717) is 58.0 Å². The second-order valence-corrected chi connectivity index (χ2v) is 6.38. The lowest BCUT2D eigenvalue weighted by Gasteiger charge is -2.36. The molecule has 0 saturated carbocycles. The maximum atomic E-state index is 13.2. The van der Waals surface area contributed by atoms with Gasteiger partial charge in [-0.05, 0) is 17.7 Å². The van der Waals surface area contributed by atoms with Crippen molar-refractivity contribution in [3.8, 4) is 0 Å². The van der Waals surface area contributed by atoms with Crippen LogP contribution in [0.2, 0.25) is 0 Å². The summed E-state index contributed by atoms with van der Waals surface area (Å²) in [5.74, 6) is -1.51. The smallest absolute Gasteiger partial charge is 0.312 e. The quantitative estimate of drug-likeness (QED) is 0.688. The molecule has 0 aromatic heterocycles. The lowest BCUT2D eigenvalue weighted by Crippen LogP contribution is -2.55. The highest BCUT2D eigenvalue weighted by atomic mass is 19.1. The Hall–Kier alpha value is -2.48. The van der Waals surface area contributed by atoms with Gasteiger partial charge in [0.05, 0.1) is 19.6 Å². The van der Waals surface area contributed by atoms with Crippen LogP contribution in [0.4, 0.5) is 4.39 Å². The summed E-state index contributed by atoms with van der Waals surface area (Å²) in [5.41, 5.74) is 0.621. The Bertz CT molecular complexity index is 683. The summed E-state index contributed by atoms with van der Waals surface area (Å²) in [7, 11) is 0. The van der Waals surface area contributed by atoms with Gasteiger partial charge in [-0.15, -0.1) is 0 Å². The minimum Gasteiger partial charge on any atom is -0.378 e. The molecule has 3 amide bonds. The molecule has 3 rings (SSSR count). The maximum absolute atomic E-state index is 13.2. The van der Waals surface area contributed by atoms with E-state index in [-0.39, 0.29) is 18.1 Å². The van der Waals surface area contributed by atoms with Gasteiger partial charge in [0.1, 0.15) is 5.82 Å². The first-order valence-corrected chi connectivity index (χ1v) is 8.73. The average Bonchev–Trinajstić information content (AvgIpc) is 2.67. The summed E-state index contributed by atoms with van der Waals surface area (Å²) in [6, 6.07) is 5.97. The van der Waals surface area contributed by atoms with E-state index >= 15 is 0 Å². The van der Waals surface area contributed by atoms with E-state index < -0.39 is 11.8 Å². The molecule has 2 fully saturated rings. The number of hydrogen-bond acceptors (Lipinski definition) is 4. The molecule has 2 heterocycles. The molecule has 0 atom stereocenters. The first-order valence-electron chi connectivity index (χ1n) is 8.73. The number of carbonyl (C=O) groups excluding carboxylic acids is 3. The molecule has 2 aliphatic heterocycles. The van der Waals surface area contributed by atoms with E-state index in [0.717, 1.165) is 0 Å².